The number of nitrogens with one attached hydrogen (secondary N) is 1. The number of carbonyl (C=O) groups excluding carboxylic acids is 1. The number of fused-ring (bicyclic) bond motifs is 1. The van der Waals surface area contributed by atoms with Crippen LogP contribution in [0.1, 0.15) is 18.7 Å². The third-order valence-electron chi connectivity index (χ3n) is 3.56. The summed E-state index contributed by atoms with van der Waals surface area (Å²) in [6, 6.07) is 5.78. The van der Waals surface area contributed by atoms with E-state index in [-0.39, 0.29) is 11.7 Å². The van der Waals surface area contributed by atoms with Crippen molar-refractivity contribution < 1.29 is 4.79 Å². The van der Waals surface area contributed by atoms with E-state index >= 15 is 0 Å². The van der Waals surface area contributed by atoms with Crippen molar-refractivity contribution in [1.82, 2.24) is 24.8 Å². The van der Waals surface area contributed by atoms with Gasteiger partial charge in [-0.2, -0.15) is 10.2 Å². The smallest absolute Gasteiger partial charge is 0.159 e. The molecule has 3 aromatic heterocycles. The second kappa shape index (κ2) is 4.26. The topological polar surface area (TPSA) is 75.9 Å². The average Bonchev–Trinajstić information content (AvgIpc) is 3.00. The zero-order chi connectivity index (χ0) is 13.5. The summed E-state index contributed by atoms with van der Waals surface area (Å²) in [6.07, 6.45) is 5.92. The fourth-order valence-electron chi connectivity index (χ4n) is 2.34. The Morgan fingerprint density at radius 3 is 3.05 bits per heavy atom. The van der Waals surface area contributed by atoms with E-state index < -0.39 is 0 Å². The molecule has 0 unspecified atom stereocenters. The first-order valence-corrected chi connectivity index (χ1v) is 6.68. The van der Waals surface area contributed by atoms with E-state index in [9.17, 15) is 4.79 Å². The van der Waals surface area contributed by atoms with Crippen LogP contribution in [0.2, 0.25) is 0 Å². The van der Waals surface area contributed by atoms with Crippen LogP contribution in [-0.2, 0) is 11.2 Å². The van der Waals surface area contributed by atoms with Crippen LogP contribution in [0.25, 0.3) is 16.9 Å². The highest BCUT2D eigenvalue weighted by atomic mass is 16.1. The van der Waals surface area contributed by atoms with Gasteiger partial charge in [-0.3, -0.25) is 9.89 Å². The Bertz CT molecular complexity index is 770. The number of carbonyl (C=O) groups is 1. The van der Waals surface area contributed by atoms with E-state index in [4.69, 9.17) is 0 Å². The molecule has 3 aromatic rings. The molecule has 1 saturated carbocycles. The number of ketones is 1. The first kappa shape index (κ1) is 11.3. The zero-order valence-electron chi connectivity index (χ0n) is 10.8. The number of hydrogen-bond acceptors (Lipinski definition) is 4. The van der Waals surface area contributed by atoms with Gasteiger partial charge in [-0.25, -0.2) is 9.50 Å². The Morgan fingerprint density at radius 2 is 2.30 bits per heavy atom. The van der Waals surface area contributed by atoms with Gasteiger partial charge in [-0.1, -0.05) is 6.07 Å². The van der Waals surface area contributed by atoms with Crippen molar-refractivity contribution in [1.29, 1.82) is 0 Å². The molecule has 0 atom stereocenters. The number of nitrogens with zero attached hydrogens (tertiary/aromatic N) is 4. The molecule has 6 heteroatoms. The molecule has 20 heavy (non-hydrogen) atoms. The van der Waals surface area contributed by atoms with E-state index in [1.807, 2.05) is 24.4 Å². The highest BCUT2D eigenvalue weighted by Gasteiger charge is 2.30. The molecule has 0 saturated heterocycles. The van der Waals surface area contributed by atoms with Crippen molar-refractivity contribution in [2.24, 2.45) is 5.92 Å². The maximum Gasteiger partial charge on any atom is 0.159 e. The van der Waals surface area contributed by atoms with E-state index in [1.165, 1.54) is 0 Å². The minimum Gasteiger partial charge on any atom is -0.299 e. The maximum atomic E-state index is 11.9. The summed E-state index contributed by atoms with van der Waals surface area (Å²) >= 11 is 0. The maximum absolute atomic E-state index is 11.9. The number of rotatable bonds is 4. The minimum absolute atomic E-state index is 0.245. The molecule has 6 nitrogen and oxygen atoms in total. The SMILES string of the molecule is O=C(Cc1nc2cccc(-c3cn[nH]c3)n2n1)C1CC1. The number of aromatic amines is 1. The molecule has 0 bridgehead atoms. The molecular weight excluding hydrogens is 254 g/mol. The van der Waals surface area contributed by atoms with Crippen LogP contribution in [0.15, 0.2) is 30.6 Å². The number of hydrogen-bond donors (Lipinski definition) is 1. The van der Waals surface area contributed by atoms with Gasteiger partial charge < -0.3 is 0 Å². The van der Waals surface area contributed by atoms with Crippen molar-refractivity contribution in [2.75, 3.05) is 0 Å². The van der Waals surface area contributed by atoms with Crippen LogP contribution in [0.3, 0.4) is 0 Å². The molecule has 1 fully saturated rings. The van der Waals surface area contributed by atoms with Crippen LogP contribution in [0, 0.1) is 5.92 Å². The van der Waals surface area contributed by atoms with Crippen LogP contribution < -0.4 is 0 Å². The Balaban J connectivity index is 1.75. The standard InChI is InChI=1S/C14H13N5O/c20-12(9-4-5-9)6-13-17-14-3-1-2-11(19(14)18-13)10-7-15-16-8-10/h1-3,7-9H,4-6H2,(H,15,16). The third kappa shape index (κ3) is 1.89. The van der Waals surface area contributed by atoms with E-state index in [2.05, 4.69) is 20.3 Å². The second-order valence-corrected chi connectivity index (χ2v) is 5.11. The van der Waals surface area contributed by atoms with Crippen molar-refractivity contribution in [2.45, 2.75) is 19.3 Å². The molecule has 0 aromatic carbocycles. The molecule has 0 radical (unpaired) electrons. The lowest BCUT2D eigenvalue weighted by Gasteiger charge is -1.99. The van der Waals surface area contributed by atoms with Crippen LogP contribution in [0.4, 0.5) is 0 Å². The lowest BCUT2D eigenvalue weighted by atomic mass is 10.2. The molecule has 1 aliphatic carbocycles. The van der Waals surface area contributed by atoms with Crippen molar-refractivity contribution in [3.8, 4) is 11.3 Å². The molecule has 4 rings (SSSR count). The minimum atomic E-state index is 0.245. The molecule has 3 heterocycles. The van der Waals surface area contributed by atoms with Gasteiger partial charge in [0, 0.05) is 17.7 Å². The summed E-state index contributed by atoms with van der Waals surface area (Å²) in [7, 11) is 0. The first-order valence-electron chi connectivity index (χ1n) is 6.68. The monoisotopic (exact) mass is 267 g/mol. The summed E-state index contributed by atoms with van der Waals surface area (Å²) in [4.78, 5) is 16.3. The summed E-state index contributed by atoms with van der Waals surface area (Å²) in [5.41, 5.74) is 2.61. The zero-order valence-corrected chi connectivity index (χ0v) is 10.8. The normalized spacial score (nSPS) is 14.8. The van der Waals surface area contributed by atoms with Gasteiger partial charge in [0.2, 0.25) is 0 Å². The fraction of sp³-hybridized carbons (Fsp3) is 0.286. The van der Waals surface area contributed by atoms with Crippen molar-refractivity contribution >= 4 is 11.4 Å². The predicted octanol–water partition coefficient (Wildman–Crippen LogP) is 1.64. The van der Waals surface area contributed by atoms with Gasteiger partial charge in [0.05, 0.1) is 18.3 Å². The summed E-state index contributed by atoms with van der Waals surface area (Å²) in [5.74, 6) is 1.10. The highest BCUT2D eigenvalue weighted by molar-refractivity contribution is 5.84. The second-order valence-electron chi connectivity index (χ2n) is 5.11. The predicted molar refractivity (Wildman–Crippen MR) is 72.0 cm³/mol. The number of H-pyrrole nitrogens is 1. The Labute approximate surface area is 114 Å². The van der Waals surface area contributed by atoms with Gasteiger partial charge in [0.15, 0.2) is 11.5 Å². The molecule has 1 N–H and O–H groups in total. The Morgan fingerprint density at radius 1 is 1.40 bits per heavy atom. The van der Waals surface area contributed by atoms with E-state index in [1.54, 1.807) is 10.7 Å². The molecule has 100 valence electrons. The Kier molecular flexibility index (Phi) is 2.42. The number of pyridine rings is 1. The van der Waals surface area contributed by atoms with Crippen LogP contribution in [-0.4, -0.2) is 30.6 Å². The lowest BCUT2D eigenvalue weighted by Crippen LogP contribution is -2.06. The van der Waals surface area contributed by atoms with Gasteiger partial charge in [0.1, 0.15) is 5.78 Å². The van der Waals surface area contributed by atoms with Gasteiger partial charge >= 0.3 is 0 Å². The van der Waals surface area contributed by atoms with E-state index in [0.717, 1.165) is 29.7 Å². The molecule has 1 aliphatic rings. The van der Waals surface area contributed by atoms with Gasteiger partial charge in [-0.15, -0.1) is 0 Å². The molecule has 0 spiro atoms. The lowest BCUT2D eigenvalue weighted by molar-refractivity contribution is -0.119. The van der Waals surface area contributed by atoms with Crippen LogP contribution >= 0.6 is 0 Å². The Hall–Kier alpha value is -2.50. The number of aromatic nitrogens is 5. The molecule has 0 amide bonds. The third-order valence-corrected chi connectivity index (χ3v) is 3.56. The molecular formula is C14H13N5O. The van der Waals surface area contributed by atoms with Gasteiger partial charge in [0.25, 0.3) is 0 Å². The average molecular weight is 267 g/mol. The first-order chi connectivity index (χ1) is 9.81. The highest BCUT2D eigenvalue weighted by Crippen LogP contribution is 2.30. The summed E-state index contributed by atoms with van der Waals surface area (Å²) in [6.45, 7) is 0. The van der Waals surface area contributed by atoms with Gasteiger partial charge in [-0.05, 0) is 25.0 Å². The quantitative estimate of drug-likeness (QED) is 0.779. The summed E-state index contributed by atoms with van der Waals surface area (Å²) in [5, 5.41) is 11.2. The van der Waals surface area contributed by atoms with E-state index in [0.29, 0.717) is 12.2 Å². The fourth-order valence-corrected chi connectivity index (χ4v) is 2.34. The molecule has 0 aliphatic heterocycles. The van der Waals surface area contributed by atoms with Crippen molar-refractivity contribution in [3.63, 3.8) is 0 Å². The van der Waals surface area contributed by atoms with Crippen molar-refractivity contribution in [3.05, 3.63) is 36.4 Å². The largest absolute Gasteiger partial charge is 0.299 e. The summed E-state index contributed by atoms with van der Waals surface area (Å²) < 4.78 is 1.76. The van der Waals surface area contributed by atoms with Crippen LogP contribution in [0.5, 0.6) is 0 Å². The number of Topliss-reactive ketones (excluding diaryl/α,β-unsaturated/α-hetero) is 1.